The van der Waals surface area contributed by atoms with Crippen molar-refractivity contribution < 1.29 is 8.83 Å². The van der Waals surface area contributed by atoms with Crippen LogP contribution in [0.3, 0.4) is 0 Å². The lowest BCUT2D eigenvalue weighted by Gasteiger charge is -2.11. The molecule has 0 spiro atoms. The number of rotatable bonds is 3. The monoisotopic (exact) mass is 336 g/mol. The molecule has 0 radical (unpaired) electrons. The summed E-state index contributed by atoms with van der Waals surface area (Å²) in [5.74, 6) is 1.70. The fraction of sp³-hybridized carbons (Fsp3) is 0.158. The maximum atomic E-state index is 5.59. The predicted octanol–water partition coefficient (Wildman–Crippen LogP) is 5.19. The average Bonchev–Trinajstić information content (AvgIpc) is 3.33. The number of nitrogens with zero attached hydrogens (tertiary/aromatic N) is 2. The van der Waals surface area contributed by atoms with E-state index >= 15 is 0 Å². The molecule has 0 fully saturated rings. The Balaban J connectivity index is 1.62. The second kappa shape index (κ2) is 6.53. The van der Waals surface area contributed by atoms with Gasteiger partial charge in [-0.1, -0.05) is 36.0 Å². The van der Waals surface area contributed by atoms with E-state index in [9.17, 15) is 0 Å². The van der Waals surface area contributed by atoms with Crippen molar-refractivity contribution in [1.82, 2.24) is 0 Å². The zero-order valence-electron chi connectivity index (χ0n) is 13.1. The lowest BCUT2D eigenvalue weighted by molar-refractivity contribution is 0.432. The normalized spacial score (nSPS) is 20.6. The molecule has 3 aromatic rings. The van der Waals surface area contributed by atoms with E-state index in [-0.39, 0.29) is 11.3 Å². The molecule has 24 heavy (non-hydrogen) atoms. The highest BCUT2D eigenvalue weighted by molar-refractivity contribution is 8.14. The summed E-state index contributed by atoms with van der Waals surface area (Å²) < 4.78 is 11.2. The summed E-state index contributed by atoms with van der Waals surface area (Å²) in [6.07, 6.45) is 5.22. The largest absolute Gasteiger partial charge is 0.468 e. The van der Waals surface area contributed by atoms with Crippen LogP contribution in [-0.4, -0.2) is 11.4 Å². The van der Waals surface area contributed by atoms with Crippen LogP contribution < -0.4 is 0 Å². The van der Waals surface area contributed by atoms with Crippen LogP contribution >= 0.6 is 11.8 Å². The second-order valence-electron chi connectivity index (χ2n) is 5.54. The molecule has 1 aliphatic heterocycles. The third-order valence-electron chi connectivity index (χ3n) is 3.93. The molecule has 1 aromatic carbocycles. The molecule has 0 aliphatic carbocycles. The lowest BCUT2D eigenvalue weighted by Crippen LogP contribution is -1.99. The van der Waals surface area contributed by atoms with Gasteiger partial charge in [-0.25, -0.2) is 9.98 Å². The molecule has 0 unspecified atom stereocenters. The molecule has 4 nitrogen and oxygen atoms in total. The highest BCUT2D eigenvalue weighted by Gasteiger charge is 2.36. The Bertz CT molecular complexity index is 867. The standard InChI is InChI=1S/C19H16N2O2S/c1-13-6-2-3-7-14(13)12-20-19-21-17(15-8-4-10-22-15)18(24-19)16-9-5-11-23-16/h2-12,17-18H,1H3/t17-,18+/m1/s1. The van der Waals surface area contributed by atoms with E-state index in [0.717, 1.165) is 22.3 Å². The molecule has 0 amide bonds. The number of aryl methyl sites for hydroxylation is 1. The summed E-state index contributed by atoms with van der Waals surface area (Å²) in [6, 6.07) is 15.7. The first-order chi connectivity index (χ1) is 11.8. The van der Waals surface area contributed by atoms with Gasteiger partial charge in [-0.05, 0) is 42.3 Å². The molecule has 2 aromatic heterocycles. The van der Waals surface area contributed by atoms with Crippen molar-refractivity contribution in [2.24, 2.45) is 9.98 Å². The first-order valence-corrected chi connectivity index (χ1v) is 8.60. The first kappa shape index (κ1) is 15.0. The van der Waals surface area contributed by atoms with Crippen LogP contribution in [-0.2, 0) is 0 Å². The molecular formula is C19H16N2O2S. The molecule has 4 rings (SSSR count). The Hall–Kier alpha value is -2.53. The van der Waals surface area contributed by atoms with E-state index in [1.165, 1.54) is 5.56 Å². The Labute approximate surface area is 144 Å². The van der Waals surface area contributed by atoms with Crippen molar-refractivity contribution >= 4 is 23.1 Å². The number of hydrogen-bond acceptors (Lipinski definition) is 5. The minimum Gasteiger partial charge on any atom is -0.468 e. The van der Waals surface area contributed by atoms with Crippen LogP contribution in [0.15, 0.2) is 79.9 Å². The predicted molar refractivity (Wildman–Crippen MR) is 96.7 cm³/mol. The molecule has 0 bridgehead atoms. The first-order valence-electron chi connectivity index (χ1n) is 7.72. The van der Waals surface area contributed by atoms with Gasteiger partial charge in [0.1, 0.15) is 22.8 Å². The number of aliphatic imine (C=N–C) groups is 2. The van der Waals surface area contributed by atoms with E-state index in [4.69, 9.17) is 13.8 Å². The van der Waals surface area contributed by atoms with Crippen LogP contribution in [0.1, 0.15) is 33.9 Å². The van der Waals surface area contributed by atoms with E-state index in [1.807, 2.05) is 48.7 Å². The number of benzene rings is 1. The van der Waals surface area contributed by atoms with Crippen molar-refractivity contribution in [3.8, 4) is 0 Å². The van der Waals surface area contributed by atoms with Crippen molar-refractivity contribution in [2.75, 3.05) is 0 Å². The lowest BCUT2D eigenvalue weighted by atomic mass is 10.1. The molecule has 1 aliphatic rings. The van der Waals surface area contributed by atoms with Crippen LogP contribution in [0.2, 0.25) is 0 Å². The van der Waals surface area contributed by atoms with E-state index in [0.29, 0.717) is 0 Å². The number of amidine groups is 1. The van der Waals surface area contributed by atoms with Crippen molar-refractivity contribution in [3.05, 3.63) is 83.7 Å². The average molecular weight is 336 g/mol. The topological polar surface area (TPSA) is 51.0 Å². The van der Waals surface area contributed by atoms with Crippen LogP contribution in [0.25, 0.3) is 0 Å². The quantitative estimate of drug-likeness (QED) is 0.619. The molecular weight excluding hydrogens is 320 g/mol. The van der Waals surface area contributed by atoms with Gasteiger partial charge in [0, 0.05) is 6.21 Å². The minimum atomic E-state index is -0.125. The second-order valence-corrected chi connectivity index (χ2v) is 6.65. The fourth-order valence-electron chi connectivity index (χ4n) is 2.65. The van der Waals surface area contributed by atoms with Gasteiger partial charge >= 0.3 is 0 Å². The van der Waals surface area contributed by atoms with Gasteiger partial charge < -0.3 is 8.83 Å². The summed E-state index contributed by atoms with van der Waals surface area (Å²) in [4.78, 5) is 9.32. The zero-order valence-corrected chi connectivity index (χ0v) is 13.9. The fourth-order valence-corrected chi connectivity index (χ4v) is 3.74. The van der Waals surface area contributed by atoms with Gasteiger partial charge in [0.15, 0.2) is 5.17 Å². The van der Waals surface area contributed by atoms with Gasteiger partial charge in [-0.3, -0.25) is 0 Å². The molecule has 5 heteroatoms. The smallest absolute Gasteiger partial charge is 0.184 e. The number of furan rings is 2. The minimum absolute atomic E-state index is 0.0372. The zero-order chi connectivity index (χ0) is 16.4. The summed E-state index contributed by atoms with van der Waals surface area (Å²) in [6.45, 7) is 2.07. The molecule has 3 heterocycles. The molecule has 2 atom stereocenters. The highest BCUT2D eigenvalue weighted by atomic mass is 32.2. The Morgan fingerprint density at radius 1 is 1.00 bits per heavy atom. The Morgan fingerprint density at radius 2 is 1.75 bits per heavy atom. The van der Waals surface area contributed by atoms with Gasteiger partial charge in [0.05, 0.1) is 12.5 Å². The van der Waals surface area contributed by atoms with E-state index in [2.05, 4.69) is 18.0 Å². The Kier molecular flexibility index (Phi) is 4.09. The third kappa shape index (κ3) is 2.95. The maximum absolute atomic E-state index is 5.59. The van der Waals surface area contributed by atoms with Gasteiger partial charge in [-0.15, -0.1) is 0 Å². The summed E-state index contributed by atoms with van der Waals surface area (Å²) >= 11 is 1.60. The van der Waals surface area contributed by atoms with Gasteiger partial charge in [0.2, 0.25) is 0 Å². The van der Waals surface area contributed by atoms with E-state index < -0.39 is 0 Å². The SMILES string of the molecule is Cc1ccccc1C=NC1=N[C@H](c2ccco2)[C@H](c2ccco2)S1. The summed E-state index contributed by atoms with van der Waals surface area (Å²) in [7, 11) is 0. The third-order valence-corrected chi connectivity index (χ3v) is 5.10. The molecule has 0 saturated heterocycles. The maximum Gasteiger partial charge on any atom is 0.184 e. The van der Waals surface area contributed by atoms with Crippen LogP contribution in [0, 0.1) is 6.92 Å². The van der Waals surface area contributed by atoms with Gasteiger partial charge in [-0.2, -0.15) is 0 Å². The van der Waals surface area contributed by atoms with Crippen molar-refractivity contribution in [3.63, 3.8) is 0 Å². The highest BCUT2D eigenvalue weighted by Crippen LogP contribution is 2.48. The molecule has 0 saturated carbocycles. The van der Waals surface area contributed by atoms with Crippen LogP contribution in [0.4, 0.5) is 0 Å². The summed E-state index contributed by atoms with van der Waals surface area (Å²) in [5, 5.41) is 0.774. The van der Waals surface area contributed by atoms with Crippen molar-refractivity contribution in [2.45, 2.75) is 18.2 Å². The van der Waals surface area contributed by atoms with Crippen LogP contribution in [0.5, 0.6) is 0 Å². The Morgan fingerprint density at radius 3 is 2.46 bits per heavy atom. The molecule has 0 N–H and O–H groups in total. The number of hydrogen-bond donors (Lipinski definition) is 0. The van der Waals surface area contributed by atoms with E-state index in [1.54, 1.807) is 24.3 Å². The van der Waals surface area contributed by atoms with Gasteiger partial charge in [0.25, 0.3) is 0 Å². The van der Waals surface area contributed by atoms with Crippen molar-refractivity contribution in [1.29, 1.82) is 0 Å². The molecule has 120 valence electrons. The number of thioether (sulfide) groups is 1. The summed E-state index contributed by atoms with van der Waals surface area (Å²) in [5.41, 5.74) is 2.28.